The number of hydrogen-bond donors (Lipinski definition) is 0. The quantitative estimate of drug-likeness (QED) is 0.473. The molecule has 0 bridgehead atoms. The van der Waals surface area contributed by atoms with Crippen molar-refractivity contribution in [1.29, 1.82) is 0 Å². The maximum absolute atomic E-state index is 13.0. The van der Waals surface area contributed by atoms with Crippen LogP contribution >= 0.6 is 0 Å². The van der Waals surface area contributed by atoms with Crippen molar-refractivity contribution in [2.45, 2.75) is 90.3 Å². The molecule has 5 rings (SSSR count). The zero-order chi connectivity index (χ0) is 21.1. The number of hydrogen-bond acceptors (Lipinski definition) is 1. The van der Waals surface area contributed by atoms with Crippen LogP contribution in [0.3, 0.4) is 0 Å². The molecule has 1 aromatic carbocycles. The summed E-state index contributed by atoms with van der Waals surface area (Å²) in [6.07, 6.45) is 8.80. The van der Waals surface area contributed by atoms with Crippen LogP contribution in [0.25, 0.3) is 0 Å². The Morgan fingerprint density at radius 1 is 0.833 bits per heavy atom. The zero-order valence-corrected chi connectivity index (χ0v) is 18.3. The molecular formula is C26H35F3O. The first kappa shape index (κ1) is 20.7. The van der Waals surface area contributed by atoms with Gasteiger partial charge in [-0.3, -0.25) is 0 Å². The molecule has 0 unspecified atom stereocenters. The van der Waals surface area contributed by atoms with Crippen LogP contribution in [-0.2, 0) is 6.18 Å². The first-order chi connectivity index (χ1) is 14.2. The van der Waals surface area contributed by atoms with E-state index in [-0.39, 0.29) is 6.10 Å². The Morgan fingerprint density at radius 3 is 2.30 bits per heavy atom. The summed E-state index contributed by atoms with van der Waals surface area (Å²) >= 11 is 0. The third kappa shape index (κ3) is 3.28. The van der Waals surface area contributed by atoms with Gasteiger partial charge in [0.15, 0.2) is 0 Å². The van der Waals surface area contributed by atoms with E-state index in [0.29, 0.717) is 28.4 Å². The van der Waals surface area contributed by atoms with Crippen molar-refractivity contribution in [3.8, 4) is 5.75 Å². The number of ether oxygens (including phenoxy) is 1. The van der Waals surface area contributed by atoms with E-state index in [4.69, 9.17) is 4.74 Å². The Labute approximate surface area is 178 Å². The van der Waals surface area contributed by atoms with Gasteiger partial charge in [0.25, 0.3) is 0 Å². The van der Waals surface area contributed by atoms with Crippen LogP contribution < -0.4 is 4.74 Å². The minimum Gasteiger partial charge on any atom is -0.490 e. The van der Waals surface area contributed by atoms with E-state index >= 15 is 0 Å². The highest BCUT2D eigenvalue weighted by molar-refractivity contribution is 5.29. The predicted octanol–water partition coefficient (Wildman–Crippen LogP) is 7.89. The van der Waals surface area contributed by atoms with Gasteiger partial charge in [0.05, 0.1) is 5.56 Å². The van der Waals surface area contributed by atoms with Crippen molar-refractivity contribution >= 4 is 0 Å². The number of alkyl halides is 3. The van der Waals surface area contributed by atoms with Gasteiger partial charge in [-0.2, -0.15) is 13.2 Å². The summed E-state index contributed by atoms with van der Waals surface area (Å²) in [5.41, 5.74) is 0.217. The van der Waals surface area contributed by atoms with Crippen LogP contribution in [0.1, 0.15) is 83.6 Å². The van der Waals surface area contributed by atoms with E-state index in [9.17, 15) is 13.2 Å². The molecule has 4 saturated carbocycles. The molecule has 4 aliphatic rings. The van der Waals surface area contributed by atoms with Gasteiger partial charge in [-0.15, -0.1) is 0 Å². The van der Waals surface area contributed by atoms with Gasteiger partial charge in [-0.25, -0.2) is 0 Å². The molecule has 0 aromatic heterocycles. The summed E-state index contributed by atoms with van der Waals surface area (Å²) in [4.78, 5) is 0. The Bertz CT molecular complexity index is 771. The fourth-order valence-electron chi connectivity index (χ4n) is 8.34. The van der Waals surface area contributed by atoms with Crippen LogP contribution in [0.5, 0.6) is 5.75 Å². The number of benzene rings is 1. The lowest BCUT2D eigenvalue weighted by Crippen LogP contribution is -2.57. The number of halogens is 3. The summed E-state index contributed by atoms with van der Waals surface area (Å²) in [6, 6.07) is 5.37. The van der Waals surface area contributed by atoms with Crippen LogP contribution in [-0.4, -0.2) is 6.10 Å². The Kier molecular flexibility index (Phi) is 4.95. The Balaban J connectivity index is 1.43. The lowest BCUT2D eigenvalue weighted by molar-refractivity contribution is -0.146. The third-order valence-corrected chi connectivity index (χ3v) is 9.82. The largest absolute Gasteiger partial charge is 0.490 e. The maximum Gasteiger partial charge on any atom is 0.416 e. The highest BCUT2D eigenvalue weighted by atomic mass is 19.4. The van der Waals surface area contributed by atoms with E-state index in [2.05, 4.69) is 13.8 Å². The SMILES string of the molecule is C[C@@]12CCC[C@H]1[C@@H]1C[C@@H](Oc3ccc(C(F)(F)F)cc3)[C@H]3CCCC[C@]3(C)[C@H]1CC2. The highest BCUT2D eigenvalue weighted by Gasteiger charge is 2.60. The minimum absolute atomic E-state index is 0.135. The molecule has 0 radical (unpaired) electrons. The van der Waals surface area contributed by atoms with Gasteiger partial charge in [0.1, 0.15) is 11.9 Å². The van der Waals surface area contributed by atoms with Crippen molar-refractivity contribution in [3.63, 3.8) is 0 Å². The van der Waals surface area contributed by atoms with E-state index in [1.807, 2.05) is 0 Å². The fourth-order valence-corrected chi connectivity index (χ4v) is 8.34. The molecule has 4 aliphatic carbocycles. The molecule has 4 fully saturated rings. The van der Waals surface area contributed by atoms with Crippen molar-refractivity contribution in [2.24, 2.45) is 34.5 Å². The second-order valence-electron chi connectivity index (χ2n) is 11.2. The summed E-state index contributed by atoms with van der Waals surface area (Å²) in [6.45, 7) is 5.04. The summed E-state index contributed by atoms with van der Waals surface area (Å²) in [7, 11) is 0. The lowest BCUT2D eigenvalue weighted by atomic mass is 9.45. The van der Waals surface area contributed by atoms with Gasteiger partial charge in [-0.05, 0) is 97.8 Å². The standard InChI is InChI=1S/C26H35F3O/c1-24-13-5-7-20(24)19-16-23(30-18-10-8-17(9-11-18)26(27,28)29)22-6-3-4-14-25(22,2)21(19)12-15-24/h8-11,19-23H,3-7,12-16H2,1-2H3/t19-,20-,21-,22+,23+,24-,25+/m0/s1. The third-order valence-electron chi connectivity index (χ3n) is 9.82. The average Bonchev–Trinajstić information content (AvgIpc) is 3.09. The number of fused-ring (bicyclic) bond motifs is 5. The Morgan fingerprint density at radius 2 is 1.57 bits per heavy atom. The van der Waals surface area contributed by atoms with E-state index in [1.54, 1.807) is 0 Å². The fraction of sp³-hybridized carbons (Fsp3) is 0.769. The van der Waals surface area contributed by atoms with E-state index in [1.165, 1.54) is 69.9 Å². The number of rotatable bonds is 2. The topological polar surface area (TPSA) is 9.23 Å². The van der Waals surface area contributed by atoms with Crippen LogP contribution in [0.15, 0.2) is 24.3 Å². The molecule has 166 valence electrons. The molecule has 0 aliphatic heterocycles. The van der Waals surface area contributed by atoms with Crippen molar-refractivity contribution in [1.82, 2.24) is 0 Å². The summed E-state index contributed by atoms with van der Waals surface area (Å²) in [5, 5.41) is 0. The molecular weight excluding hydrogens is 385 g/mol. The minimum atomic E-state index is -4.30. The van der Waals surface area contributed by atoms with Gasteiger partial charge in [0, 0.05) is 5.92 Å². The zero-order valence-electron chi connectivity index (χ0n) is 18.3. The van der Waals surface area contributed by atoms with Crippen molar-refractivity contribution in [3.05, 3.63) is 29.8 Å². The smallest absolute Gasteiger partial charge is 0.416 e. The van der Waals surface area contributed by atoms with E-state index in [0.717, 1.165) is 30.4 Å². The van der Waals surface area contributed by atoms with Gasteiger partial charge < -0.3 is 4.74 Å². The second kappa shape index (κ2) is 7.17. The first-order valence-corrected chi connectivity index (χ1v) is 12.0. The van der Waals surface area contributed by atoms with Gasteiger partial charge in [0.2, 0.25) is 0 Å². The maximum atomic E-state index is 13.0. The Hall–Kier alpha value is -1.19. The lowest BCUT2D eigenvalue weighted by Gasteiger charge is -2.61. The highest BCUT2D eigenvalue weighted by Crippen LogP contribution is 2.66. The van der Waals surface area contributed by atoms with Crippen LogP contribution in [0.4, 0.5) is 13.2 Å². The molecule has 7 atom stereocenters. The molecule has 0 spiro atoms. The molecule has 0 saturated heterocycles. The van der Waals surface area contributed by atoms with Crippen molar-refractivity contribution in [2.75, 3.05) is 0 Å². The normalized spacial score (nSPS) is 43.4. The summed E-state index contributed by atoms with van der Waals surface area (Å²) < 4.78 is 45.4. The monoisotopic (exact) mass is 420 g/mol. The molecule has 30 heavy (non-hydrogen) atoms. The molecule has 4 heteroatoms. The second-order valence-corrected chi connectivity index (χ2v) is 11.2. The summed E-state index contributed by atoms with van der Waals surface area (Å²) in [5.74, 6) is 3.44. The van der Waals surface area contributed by atoms with Crippen molar-refractivity contribution < 1.29 is 17.9 Å². The van der Waals surface area contributed by atoms with E-state index < -0.39 is 11.7 Å². The molecule has 0 N–H and O–H groups in total. The van der Waals surface area contributed by atoms with Crippen LogP contribution in [0.2, 0.25) is 0 Å². The first-order valence-electron chi connectivity index (χ1n) is 12.0. The predicted molar refractivity (Wildman–Crippen MR) is 112 cm³/mol. The molecule has 1 nitrogen and oxygen atoms in total. The molecule has 0 heterocycles. The van der Waals surface area contributed by atoms with Gasteiger partial charge in [-0.1, -0.05) is 33.1 Å². The average molecular weight is 421 g/mol. The molecule has 1 aromatic rings. The van der Waals surface area contributed by atoms with Gasteiger partial charge >= 0.3 is 6.18 Å². The van der Waals surface area contributed by atoms with Crippen LogP contribution in [0, 0.1) is 34.5 Å². The molecule has 0 amide bonds.